The van der Waals surface area contributed by atoms with E-state index in [2.05, 4.69) is 30.8 Å². The minimum atomic E-state index is -0.505. The van der Waals surface area contributed by atoms with Crippen molar-refractivity contribution in [3.8, 4) is 0 Å². The number of carbonyl (C=O) groups excluding carboxylic acids is 2. The molecule has 0 heterocycles. The second-order valence-corrected chi connectivity index (χ2v) is 6.80. The first kappa shape index (κ1) is 20.0. The number of nitrogens with zero attached hydrogens (tertiary/aromatic N) is 3. The monoisotopic (exact) mass is 333 g/mol. The number of allylic oxidation sites excluding steroid dienone is 2. The summed E-state index contributed by atoms with van der Waals surface area (Å²) in [6.07, 6.45) is 4.79. The maximum absolute atomic E-state index is 12.5. The van der Waals surface area contributed by atoms with E-state index in [1.807, 2.05) is 0 Å². The largest absolute Gasteiger partial charge is 0.492 e. The summed E-state index contributed by atoms with van der Waals surface area (Å²) in [5.41, 5.74) is 9.00. The van der Waals surface area contributed by atoms with Gasteiger partial charge in [0.2, 0.25) is 5.78 Å². The van der Waals surface area contributed by atoms with Gasteiger partial charge in [-0.05, 0) is 37.1 Å². The molecule has 1 aliphatic carbocycles. The summed E-state index contributed by atoms with van der Waals surface area (Å²) in [6, 6.07) is 0. The summed E-state index contributed by atoms with van der Waals surface area (Å²) in [5, 5.41) is 3.36. The molecule has 1 aliphatic rings. The van der Waals surface area contributed by atoms with E-state index in [4.69, 9.17) is 10.3 Å². The van der Waals surface area contributed by atoms with Crippen LogP contribution in [0, 0.1) is 11.8 Å². The molecule has 0 saturated carbocycles. The third-order valence-electron chi connectivity index (χ3n) is 4.38. The maximum atomic E-state index is 12.5. The van der Waals surface area contributed by atoms with Crippen LogP contribution in [0.3, 0.4) is 0 Å². The minimum Gasteiger partial charge on any atom is -0.492 e. The zero-order valence-electron chi connectivity index (χ0n) is 15.3. The van der Waals surface area contributed by atoms with E-state index in [1.54, 1.807) is 0 Å². The fourth-order valence-corrected chi connectivity index (χ4v) is 2.87. The molecule has 132 valence electrons. The standard InChI is InChI=1S/C18H27N3O3/c1-11(2)7-6-8-12(3)9-10-14-16(22)13(4)15(20-21-19)17(23)18(14)24-5/h11-12H,6-10H2,1-5H3. The van der Waals surface area contributed by atoms with Gasteiger partial charge in [-0.1, -0.05) is 45.1 Å². The summed E-state index contributed by atoms with van der Waals surface area (Å²) in [4.78, 5) is 27.5. The molecule has 1 rings (SSSR count). The first-order valence-electron chi connectivity index (χ1n) is 8.45. The molecule has 0 aromatic heterocycles. The van der Waals surface area contributed by atoms with Gasteiger partial charge in [0.05, 0.1) is 12.8 Å². The predicted octanol–water partition coefficient (Wildman–Crippen LogP) is 4.87. The number of ketones is 2. The third kappa shape index (κ3) is 4.96. The van der Waals surface area contributed by atoms with Crippen LogP contribution in [0.15, 0.2) is 27.7 Å². The van der Waals surface area contributed by atoms with Crippen LogP contribution >= 0.6 is 0 Å². The molecule has 6 nitrogen and oxygen atoms in total. The molecular formula is C18H27N3O3. The van der Waals surface area contributed by atoms with Crippen molar-refractivity contribution >= 4 is 11.6 Å². The molecule has 1 unspecified atom stereocenters. The zero-order valence-corrected chi connectivity index (χ0v) is 15.3. The highest BCUT2D eigenvalue weighted by molar-refractivity contribution is 6.24. The summed E-state index contributed by atoms with van der Waals surface area (Å²) in [6.45, 7) is 8.10. The molecule has 24 heavy (non-hydrogen) atoms. The van der Waals surface area contributed by atoms with Crippen molar-refractivity contribution in [2.45, 2.75) is 59.8 Å². The van der Waals surface area contributed by atoms with Gasteiger partial charge in [0.1, 0.15) is 0 Å². The number of methoxy groups -OCH3 is 1. The highest BCUT2D eigenvalue weighted by atomic mass is 16.5. The minimum absolute atomic E-state index is 0.0161. The van der Waals surface area contributed by atoms with Crippen LogP contribution in [0.5, 0.6) is 0 Å². The van der Waals surface area contributed by atoms with Crippen LogP contribution < -0.4 is 0 Å². The molecule has 0 aliphatic heterocycles. The van der Waals surface area contributed by atoms with Crippen molar-refractivity contribution < 1.29 is 14.3 Å². The average Bonchev–Trinajstić information content (AvgIpc) is 2.53. The highest BCUT2D eigenvalue weighted by Gasteiger charge is 2.32. The van der Waals surface area contributed by atoms with Gasteiger partial charge in [-0.15, -0.1) is 0 Å². The van der Waals surface area contributed by atoms with Crippen LogP contribution in [0.4, 0.5) is 0 Å². The second-order valence-electron chi connectivity index (χ2n) is 6.80. The Morgan fingerprint density at radius 3 is 2.33 bits per heavy atom. The lowest BCUT2D eigenvalue weighted by Crippen LogP contribution is -2.23. The molecule has 6 heteroatoms. The second kappa shape index (κ2) is 9.28. The van der Waals surface area contributed by atoms with Gasteiger partial charge in [0.25, 0.3) is 0 Å². The quantitative estimate of drug-likeness (QED) is 0.261. The molecule has 1 atom stereocenters. The van der Waals surface area contributed by atoms with Crippen LogP contribution in [-0.4, -0.2) is 18.7 Å². The Hall–Kier alpha value is -2.07. The number of Topliss-reactive ketones (excluding diaryl/α,β-unsaturated/α-hetero) is 2. The van der Waals surface area contributed by atoms with E-state index in [0.29, 0.717) is 23.8 Å². The summed E-state index contributed by atoms with van der Waals surface area (Å²) >= 11 is 0. The Morgan fingerprint density at radius 2 is 1.79 bits per heavy atom. The van der Waals surface area contributed by atoms with Crippen molar-refractivity contribution in [3.05, 3.63) is 33.0 Å². The molecule has 0 spiro atoms. The molecule has 0 aromatic rings. The zero-order chi connectivity index (χ0) is 18.3. The van der Waals surface area contributed by atoms with Gasteiger partial charge in [-0.25, -0.2) is 0 Å². The smallest absolute Gasteiger partial charge is 0.230 e. The lowest BCUT2D eigenvalue weighted by atomic mass is 9.87. The third-order valence-corrected chi connectivity index (χ3v) is 4.38. The average molecular weight is 333 g/mol. The number of carbonyl (C=O) groups is 2. The topological polar surface area (TPSA) is 92.1 Å². The van der Waals surface area contributed by atoms with Crippen LogP contribution in [0.25, 0.3) is 10.4 Å². The Bertz CT molecular complexity index is 611. The Kier molecular flexibility index (Phi) is 7.72. The first-order chi connectivity index (χ1) is 11.3. The highest BCUT2D eigenvalue weighted by Crippen LogP contribution is 2.30. The van der Waals surface area contributed by atoms with Gasteiger partial charge < -0.3 is 4.74 Å². The summed E-state index contributed by atoms with van der Waals surface area (Å²) in [5.74, 6) is 0.421. The molecule has 0 N–H and O–H groups in total. The van der Waals surface area contributed by atoms with Crippen molar-refractivity contribution in [2.24, 2.45) is 17.0 Å². The number of azide groups is 1. The van der Waals surface area contributed by atoms with Gasteiger partial charge in [-0.2, -0.15) is 0 Å². The van der Waals surface area contributed by atoms with Crippen molar-refractivity contribution in [2.75, 3.05) is 7.11 Å². The van der Waals surface area contributed by atoms with Crippen LogP contribution in [0.1, 0.15) is 59.8 Å². The normalized spacial score (nSPS) is 16.6. The van der Waals surface area contributed by atoms with Crippen LogP contribution in [0.2, 0.25) is 0 Å². The molecule has 0 radical (unpaired) electrons. The van der Waals surface area contributed by atoms with E-state index in [9.17, 15) is 9.59 Å². The first-order valence-corrected chi connectivity index (χ1v) is 8.45. The van der Waals surface area contributed by atoms with Gasteiger partial charge in [-0.3, -0.25) is 9.59 Å². The lowest BCUT2D eigenvalue weighted by molar-refractivity contribution is -0.119. The Labute approximate surface area is 143 Å². The molecule has 0 amide bonds. The molecule has 0 aromatic carbocycles. The van der Waals surface area contributed by atoms with Gasteiger partial charge in [0.15, 0.2) is 11.5 Å². The number of rotatable bonds is 9. The molecule has 0 bridgehead atoms. The van der Waals surface area contributed by atoms with E-state index in [1.165, 1.54) is 26.9 Å². The predicted molar refractivity (Wildman–Crippen MR) is 93.0 cm³/mol. The SMILES string of the molecule is COC1=C(CCC(C)CCCC(C)C)C(=O)C(C)=C(N=[N+]=[N-])C1=O. The van der Waals surface area contributed by atoms with Gasteiger partial charge >= 0.3 is 0 Å². The van der Waals surface area contributed by atoms with Crippen LogP contribution in [-0.2, 0) is 14.3 Å². The number of hydrogen-bond donors (Lipinski definition) is 0. The van der Waals surface area contributed by atoms with E-state index in [0.717, 1.165) is 12.8 Å². The van der Waals surface area contributed by atoms with E-state index >= 15 is 0 Å². The maximum Gasteiger partial charge on any atom is 0.230 e. The van der Waals surface area contributed by atoms with Crippen molar-refractivity contribution in [1.82, 2.24) is 0 Å². The molecular weight excluding hydrogens is 306 g/mol. The number of hydrogen-bond acceptors (Lipinski definition) is 4. The van der Waals surface area contributed by atoms with Crippen molar-refractivity contribution in [1.29, 1.82) is 0 Å². The fraction of sp³-hybridized carbons (Fsp3) is 0.667. The Morgan fingerprint density at radius 1 is 1.12 bits per heavy atom. The van der Waals surface area contributed by atoms with Crippen molar-refractivity contribution in [3.63, 3.8) is 0 Å². The lowest BCUT2D eigenvalue weighted by Gasteiger charge is -2.20. The van der Waals surface area contributed by atoms with E-state index < -0.39 is 5.78 Å². The Balaban J connectivity index is 2.82. The van der Waals surface area contributed by atoms with Gasteiger partial charge in [0, 0.05) is 16.1 Å². The number of ether oxygens (including phenoxy) is 1. The fourth-order valence-electron chi connectivity index (χ4n) is 2.87. The molecule has 0 fully saturated rings. The summed E-state index contributed by atoms with van der Waals surface area (Å²) < 4.78 is 5.15. The van der Waals surface area contributed by atoms with E-state index in [-0.39, 0.29) is 22.8 Å². The molecule has 0 saturated heterocycles. The summed E-state index contributed by atoms with van der Waals surface area (Å²) in [7, 11) is 1.36.